The van der Waals surface area contributed by atoms with E-state index in [9.17, 15) is 4.79 Å². The van der Waals surface area contributed by atoms with E-state index in [1.807, 2.05) is 17.2 Å². The topological polar surface area (TPSA) is 64.1 Å². The third-order valence-corrected chi connectivity index (χ3v) is 5.68. The Kier molecular flexibility index (Phi) is 6.23. The van der Waals surface area contributed by atoms with Gasteiger partial charge in [0.2, 0.25) is 5.75 Å². The lowest BCUT2D eigenvalue weighted by Gasteiger charge is -2.35. The number of benzene rings is 2. The Hall–Kier alpha value is -3.32. The van der Waals surface area contributed by atoms with Crippen molar-refractivity contribution in [2.24, 2.45) is 0 Å². The zero-order valence-corrected chi connectivity index (χ0v) is 18.1. The van der Waals surface area contributed by atoms with Crippen LogP contribution in [0, 0.1) is 0 Å². The van der Waals surface area contributed by atoms with Crippen LogP contribution in [0.2, 0.25) is 0 Å². The van der Waals surface area contributed by atoms with Crippen LogP contribution in [0.15, 0.2) is 48.7 Å². The van der Waals surface area contributed by atoms with Crippen LogP contribution in [0.3, 0.4) is 0 Å². The molecule has 2 heterocycles. The minimum Gasteiger partial charge on any atom is -0.493 e. The Bertz CT molecular complexity index is 1050. The fourth-order valence-corrected chi connectivity index (χ4v) is 4.03. The van der Waals surface area contributed by atoms with Crippen LogP contribution in [0.5, 0.6) is 17.2 Å². The van der Waals surface area contributed by atoms with E-state index < -0.39 is 0 Å². The van der Waals surface area contributed by atoms with Gasteiger partial charge in [0.15, 0.2) is 11.5 Å². The Morgan fingerprint density at radius 2 is 1.61 bits per heavy atom. The number of fused-ring (bicyclic) bond motifs is 1. The van der Waals surface area contributed by atoms with Gasteiger partial charge in [-0.3, -0.25) is 14.7 Å². The van der Waals surface area contributed by atoms with Crippen LogP contribution < -0.4 is 14.2 Å². The molecule has 31 heavy (non-hydrogen) atoms. The smallest absolute Gasteiger partial charge is 0.254 e. The molecule has 1 fully saturated rings. The second kappa shape index (κ2) is 9.22. The van der Waals surface area contributed by atoms with E-state index >= 15 is 0 Å². The van der Waals surface area contributed by atoms with E-state index in [0.29, 0.717) is 35.9 Å². The maximum absolute atomic E-state index is 13.1. The number of amides is 1. The Labute approximate surface area is 182 Å². The fourth-order valence-electron chi connectivity index (χ4n) is 4.03. The molecule has 0 aliphatic carbocycles. The minimum absolute atomic E-state index is 0.0364. The van der Waals surface area contributed by atoms with Gasteiger partial charge in [-0.2, -0.15) is 0 Å². The number of nitrogens with zero attached hydrogens (tertiary/aromatic N) is 3. The number of para-hydroxylation sites is 1. The van der Waals surface area contributed by atoms with E-state index in [0.717, 1.165) is 30.5 Å². The first-order valence-corrected chi connectivity index (χ1v) is 10.3. The molecule has 0 atom stereocenters. The highest BCUT2D eigenvalue weighted by atomic mass is 16.5. The van der Waals surface area contributed by atoms with E-state index in [2.05, 4.69) is 34.1 Å². The molecule has 1 aliphatic heterocycles. The number of pyridine rings is 1. The Balaban J connectivity index is 1.44. The van der Waals surface area contributed by atoms with Gasteiger partial charge in [0, 0.05) is 49.9 Å². The molecule has 0 bridgehead atoms. The number of ether oxygens (including phenoxy) is 3. The van der Waals surface area contributed by atoms with Crippen LogP contribution in [-0.2, 0) is 6.54 Å². The Morgan fingerprint density at radius 3 is 2.26 bits per heavy atom. The average Bonchev–Trinajstić information content (AvgIpc) is 2.83. The van der Waals surface area contributed by atoms with Gasteiger partial charge in [0.05, 0.1) is 26.8 Å². The summed E-state index contributed by atoms with van der Waals surface area (Å²) in [6.45, 7) is 3.75. The molecule has 0 radical (unpaired) electrons. The Morgan fingerprint density at radius 1 is 0.935 bits per heavy atom. The first-order chi connectivity index (χ1) is 15.1. The molecule has 0 unspecified atom stereocenters. The van der Waals surface area contributed by atoms with Gasteiger partial charge in [0.25, 0.3) is 5.91 Å². The van der Waals surface area contributed by atoms with Crippen LogP contribution in [0.1, 0.15) is 15.9 Å². The molecule has 4 rings (SSSR count). The van der Waals surface area contributed by atoms with E-state index in [1.165, 1.54) is 5.56 Å². The summed E-state index contributed by atoms with van der Waals surface area (Å²) in [5.74, 6) is 1.40. The summed E-state index contributed by atoms with van der Waals surface area (Å²) in [5.41, 5.74) is 2.78. The van der Waals surface area contributed by atoms with E-state index in [1.54, 1.807) is 33.5 Å². The average molecular weight is 421 g/mol. The lowest BCUT2D eigenvalue weighted by atomic mass is 10.1. The fraction of sp³-hybridized carbons (Fsp3) is 0.333. The summed E-state index contributed by atoms with van der Waals surface area (Å²) in [5, 5.41) is 1.15. The number of carbonyl (C=O) groups is 1. The molecule has 1 amide bonds. The van der Waals surface area contributed by atoms with Gasteiger partial charge in [0.1, 0.15) is 0 Å². The lowest BCUT2D eigenvalue weighted by molar-refractivity contribution is 0.0628. The first-order valence-electron chi connectivity index (χ1n) is 10.3. The molecule has 7 nitrogen and oxygen atoms in total. The van der Waals surface area contributed by atoms with Crippen molar-refractivity contribution in [2.75, 3.05) is 47.5 Å². The zero-order valence-electron chi connectivity index (χ0n) is 18.1. The van der Waals surface area contributed by atoms with Gasteiger partial charge in [-0.25, -0.2) is 0 Å². The summed E-state index contributed by atoms with van der Waals surface area (Å²) < 4.78 is 16.1. The van der Waals surface area contributed by atoms with Crippen molar-refractivity contribution in [3.05, 3.63) is 59.8 Å². The molecule has 162 valence electrons. The van der Waals surface area contributed by atoms with Gasteiger partial charge < -0.3 is 19.1 Å². The van der Waals surface area contributed by atoms with Crippen LogP contribution in [0.4, 0.5) is 0 Å². The maximum atomic E-state index is 13.1. The van der Waals surface area contributed by atoms with Crippen molar-refractivity contribution < 1.29 is 19.0 Å². The van der Waals surface area contributed by atoms with Crippen molar-refractivity contribution >= 4 is 16.8 Å². The quantitative estimate of drug-likeness (QED) is 0.609. The molecule has 7 heteroatoms. The van der Waals surface area contributed by atoms with Gasteiger partial charge in [-0.1, -0.05) is 24.3 Å². The maximum Gasteiger partial charge on any atom is 0.254 e. The first kappa shape index (κ1) is 20.9. The van der Waals surface area contributed by atoms with Crippen molar-refractivity contribution in [1.29, 1.82) is 0 Å². The number of piperazine rings is 1. The summed E-state index contributed by atoms with van der Waals surface area (Å²) in [6, 6.07) is 13.7. The van der Waals surface area contributed by atoms with Crippen molar-refractivity contribution in [2.45, 2.75) is 6.54 Å². The van der Waals surface area contributed by atoms with Gasteiger partial charge >= 0.3 is 0 Å². The predicted molar refractivity (Wildman–Crippen MR) is 119 cm³/mol. The molecule has 0 spiro atoms. The van der Waals surface area contributed by atoms with E-state index in [4.69, 9.17) is 14.2 Å². The standard InChI is InChI=1S/C24H27N3O4/c1-29-20-14-19(15-21(30-2)23(20)31-3)24(28)27-12-10-26(11-13-27)16-18-7-4-6-17-8-5-9-25-22(17)18/h4-9,14-15H,10-13,16H2,1-3H3. The number of hydrogen-bond acceptors (Lipinski definition) is 6. The molecule has 1 aromatic heterocycles. The number of aromatic nitrogens is 1. The van der Waals surface area contributed by atoms with Crippen LogP contribution in [0.25, 0.3) is 10.9 Å². The highest BCUT2D eigenvalue weighted by Gasteiger charge is 2.25. The third-order valence-electron chi connectivity index (χ3n) is 5.68. The second-order valence-electron chi connectivity index (χ2n) is 7.47. The summed E-state index contributed by atoms with van der Waals surface area (Å²) in [7, 11) is 4.64. The molecule has 1 saturated heterocycles. The highest BCUT2D eigenvalue weighted by molar-refractivity contribution is 5.95. The summed E-state index contributed by atoms with van der Waals surface area (Å²) >= 11 is 0. The van der Waals surface area contributed by atoms with Crippen LogP contribution in [-0.4, -0.2) is 68.2 Å². The van der Waals surface area contributed by atoms with Crippen molar-refractivity contribution in [1.82, 2.24) is 14.8 Å². The van der Waals surface area contributed by atoms with Crippen LogP contribution >= 0.6 is 0 Å². The summed E-state index contributed by atoms with van der Waals surface area (Å²) in [4.78, 5) is 21.9. The number of methoxy groups -OCH3 is 3. The minimum atomic E-state index is -0.0364. The lowest BCUT2D eigenvalue weighted by Crippen LogP contribution is -2.48. The number of rotatable bonds is 6. The molecule has 1 aliphatic rings. The molecule has 0 N–H and O–H groups in total. The third kappa shape index (κ3) is 4.27. The number of carbonyl (C=O) groups excluding carboxylic acids is 1. The predicted octanol–water partition coefficient (Wildman–Crippen LogP) is 3.22. The highest BCUT2D eigenvalue weighted by Crippen LogP contribution is 2.38. The molecule has 0 saturated carbocycles. The van der Waals surface area contributed by atoms with Crippen molar-refractivity contribution in [3.63, 3.8) is 0 Å². The normalized spacial score (nSPS) is 14.5. The number of hydrogen-bond donors (Lipinski definition) is 0. The SMILES string of the molecule is COc1cc(C(=O)N2CCN(Cc3cccc4cccnc34)CC2)cc(OC)c1OC. The zero-order chi connectivity index (χ0) is 21.8. The molecular formula is C24H27N3O4. The largest absolute Gasteiger partial charge is 0.493 e. The monoisotopic (exact) mass is 421 g/mol. The summed E-state index contributed by atoms with van der Waals surface area (Å²) in [6.07, 6.45) is 1.83. The van der Waals surface area contributed by atoms with E-state index in [-0.39, 0.29) is 5.91 Å². The molecule has 2 aromatic carbocycles. The second-order valence-corrected chi connectivity index (χ2v) is 7.47. The van der Waals surface area contributed by atoms with Gasteiger partial charge in [-0.15, -0.1) is 0 Å². The molecular weight excluding hydrogens is 394 g/mol. The molecule has 3 aromatic rings. The van der Waals surface area contributed by atoms with Gasteiger partial charge in [-0.05, 0) is 23.8 Å². The van der Waals surface area contributed by atoms with Crippen molar-refractivity contribution in [3.8, 4) is 17.2 Å².